The van der Waals surface area contributed by atoms with Crippen LogP contribution in [0.15, 0.2) is 0 Å². The molecule has 0 aliphatic heterocycles. The molecule has 1 amide bonds. The van der Waals surface area contributed by atoms with Crippen molar-refractivity contribution in [2.45, 2.75) is 45.1 Å². The van der Waals surface area contributed by atoms with E-state index in [0.29, 0.717) is 29.8 Å². The first kappa shape index (κ1) is 16.0. The van der Waals surface area contributed by atoms with E-state index in [-0.39, 0.29) is 18.3 Å². The molecule has 1 aliphatic rings. The fourth-order valence-electron chi connectivity index (χ4n) is 2.22. The topological polar surface area (TPSA) is 100 Å². The van der Waals surface area contributed by atoms with Crippen LogP contribution in [0.25, 0.3) is 0 Å². The second-order valence-corrected chi connectivity index (χ2v) is 6.53. The van der Waals surface area contributed by atoms with Gasteiger partial charge in [-0.1, -0.05) is 24.7 Å². The number of hydrogen-bond acceptors (Lipinski definition) is 6. The molecular formula is C14H24N4O2S. The number of rotatable bonds is 9. The zero-order valence-electron chi connectivity index (χ0n) is 12.4. The summed E-state index contributed by atoms with van der Waals surface area (Å²) < 4.78 is 0. The number of nitrogens with one attached hydrogen (secondary N) is 2. The molecule has 21 heavy (non-hydrogen) atoms. The average molecular weight is 312 g/mol. The fraction of sp³-hybridized carbons (Fsp3) is 0.714. The third-order valence-corrected chi connectivity index (χ3v) is 4.55. The van der Waals surface area contributed by atoms with Gasteiger partial charge in [-0.05, 0) is 31.6 Å². The van der Waals surface area contributed by atoms with Gasteiger partial charge >= 0.3 is 0 Å². The summed E-state index contributed by atoms with van der Waals surface area (Å²) in [5.74, 6) is 0.421. The van der Waals surface area contributed by atoms with Crippen LogP contribution in [-0.4, -0.2) is 35.2 Å². The normalized spacial score (nSPS) is 15.7. The maximum absolute atomic E-state index is 12.2. The number of nitrogens with two attached hydrogens (primary N) is 1. The SMILES string of the molecule is CCCC(CCO)CNC(=O)c1sc(NC2CC2)nc1N. The third kappa shape index (κ3) is 4.86. The number of nitrogen functional groups attached to an aromatic ring is 1. The van der Waals surface area contributed by atoms with Gasteiger partial charge in [0.25, 0.3) is 5.91 Å². The van der Waals surface area contributed by atoms with Crippen molar-refractivity contribution in [3.63, 3.8) is 0 Å². The summed E-state index contributed by atoms with van der Waals surface area (Å²) in [5, 5.41) is 15.9. The van der Waals surface area contributed by atoms with Crippen LogP contribution in [0.1, 0.15) is 48.7 Å². The maximum atomic E-state index is 12.2. The van der Waals surface area contributed by atoms with Crippen LogP contribution in [0.5, 0.6) is 0 Å². The van der Waals surface area contributed by atoms with E-state index in [1.54, 1.807) is 0 Å². The lowest BCUT2D eigenvalue weighted by molar-refractivity contribution is 0.0947. The highest BCUT2D eigenvalue weighted by atomic mass is 32.1. The Labute approximate surface area is 129 Å². The van der Waals surface area contributed by atoms with Crippen LogP contribution in [-0.2, 0) is 0 Å². The van der Waals surface area contributed by atoms with Crippen LogP contribution in [0.2, 0.25) is 0 Å². The Morgan fingerprint density at radius 2 is 2.29 bits per heavy atom. The van der Waals surface area contributed by atoms with Crippen LogP contribution >= 0.6 is 11.3 Å². The van der Waals surface area contributed by atoms with Gasteiger partial charge in [0, 0.05) is 19.2 Å². The highest BCUT2D eigenvalue weighted by Crippen LogP contribution is 2.30. The van der Waals surface area contributed by atoms with Crippen molar-refractivity contribution >= 4 is 28.2 Å². The summed E-state index contributed by atoms with van der Waals surface area (Å²) in [5.41, 5.74) is 5.82. The Morgan fingerprint density at radius 3 is 2.90 bits per heavy atom. The van der Waals surface area contributed by atoms with Crippen molar-refractivity contribution in [3.8, 4) is 0 Å². The van der Waals surface area contributed by atoms with Gasteiger partial charge < -0.3 is 21.5 Å². The minimum Gasteiger partial charge on any atom is -0.396 e. The van der Waals surface area contributed by atoms with Crippen molar-refractivity contribution in [2.75, 3.05) is 24.2 Å². The summed E-state index contributed by atoms with van der Waals surface area (Å²) in [4.78, 5) is 16.8. The Kier molecular flexibility index (Phi) is 5.81. The van der Waals surface area contributed by atoms with E-state index in [9.17, 15) is 4.79 Å². The van der Waals surface area contributed by atoms with Crippen molar-refractivity contribution < 1.29 is 9.90 Å². The summed E-state index contributed by atoms with van der Waals surface area (Å²) in [6, 6.07) is 0.491. The minimum absolute atomic E-state index is 0.151. The van der Waals surface area contributed by atoms with Gasteiger partial charge in [-0.2, -0.15) is 0 Å². The number of nitrogens with zero attached hydrogens (tertiary/aromatic N) is 1. The number of carbonyl (C=O) groups excluding carboxylic acids is 1. The Hall–Kier alpha value is -1.34. The second-order valence-electron chi connectivity index (χ2n) is 5.53. The number of hydrogen-bond donors (Lipinski definition) is 4. The van der Waals surface area contributed by atoms with E-state index in [1.807, 2.05) is 0 Å². The molecule has 1 aromatic heterocycles. The van der Waals surface area contributed by atoms with E-state index in [0.717, 1.165) is 30.8 Å². The molecule has 0 spiro atoms. The molecule has 6 nitrogen and oxygen atoms in total. The number of anilines is 2. The molecule has 1 aliphatic carbocycles. The maximum Gasteiger partial charge on any atom is 0.265 e. The molecule has 0 saturated heterocycles. The van der Waals surface area contributed by atoms with E-state index >= 15 is 0 Å². The van der Waals surface area contributed by atoms with Gasteiger partial charge in [0.1, 0.15) is 10.7 Å². The van der Waals surface area contributed by atoms with E-state index in [2.05, 4.69) is 22.5 Å². The van der Waals surface area contributed by atoms with Crippen molar-refractivity contribution in [2.24, 2.45) is 5.92 Å². The lowest BCUT2D eigenvalue weighted by Gasteiger charge is -2.15. The zero-order valence-corrected chi connectivity index (χ0v) is 13.2. The predicted molar refractivity (Wildman–Crippen MR) is 85.6 cm³/mol. The monoisotopic (exact) mass is 312 g/mol. The number of aromatic nitrogens is 1. The average Bonchev–Trinajstić information content (AvgIpc) is 3.18. The molecule has 0 bridgehead atoms. The van der Waals surface area contributed by atoms with Crippen molar-refractivity contribution in [1.29, 1.82) is 0 Å². The molecule has 0 radical (unpaired) electrons. The first-order chi connectivity index (χ1) is 10.1. The summed E-state index contributed by atoms with van der Waals surface area (Å²) in [7, 11) is 0. The largest absolute Gasteiger partial charge is 0.396 e. The van der Waals surface area contributed by atoms with Crippen LogP contribution in [0.4, 0.5) is 10.9 Å². The second kappa shape index (κ2) is 7.61. The molecule has 1 atom stereocenters. The predicted octanol–water partition coefficient (Wildman–Crippen LogP) is 1.83. The molecule has 2 rings (SSSR count). The van der Waals surface area contributed by atoms with Gasteiger partial charge in [0.05, 0.1) is 0 Å². The summed E-state index contributed by atoms with van der Waals surface area (Å²) in [6.45, 7) is 2.82. The number of amides is 1. The molecule has 118 valence electrons. The van der Waals surface area contributed by atoms with Gasteiger partial charge in [-0.15, -0.1) is 0 Å². The van der Waals surface area contributed by atoms with Gasteiger partial charge in [0.2, 0.25) is 0 Å². The first-order valence-electron chi connectivity index (χ1n) is 7.56. The van der Waals surface area contributed by atoms with Crippen molar-refractivity contribution in [1.82, 2.24) is 10.3 Å². The molecule has 1 aromatic rings. The number of thiazole rings is 1. The molecule has 1 saturated carbocycles. The fourth-order valence-corrected chi connectivity index (χ4v) is 3.09. The number of aliphatic hydroxyl groups is 1. The van der Waals surface area contributed by atoms with Gasteiger partial charge in [0.15, 0.2) is 5.13 Å². The molecule has 1 fully saturated rings. The highest BCUT2D eigenvalue weighted by Gasteiger charge is 2.24. The quantitative estimate of drug-likeness (QED) is 0.557. The molecule has 5 N–H and O–H groups in total. The summed E-state index contributed by atoms with van der Waals surface area (Å²) in [6.07, 6.45) is 5.05. The van der Waals surface area contributed by atoms with Gasteiger partial charge in [-0.25, -0.2) is 4.98 Å². The molecule has 1 heterocycles. The lowest BCUT2D eigenvalue weighted by Crippen LogP contribution is -2.29. The zero-order chi connectivity index (χ0) is 15.2. The number of carbonyl (C=O) groups is 1. The molecule has 0 aromatic carbocycles. The smallest absolute Gasteiger partial charge is 0.265 e. The molecule has 7 heteroatoms. The highest BCUT2D eigenvalue weighted by molar-refractivity contribution is 7.18. The van der Waals surface area contributed by atoms with Crippen molar-refractivity contribution in [3.05, 3.63) is 4.88 Å². The van der Waals surface area contributed by atoms with E-state index in [1.165, 1.54) is 11.3 Å². The first-order valence-corrected chi connectivity index (χ1v) is 8.37. The van der Waals surface area contributed by atoms with Crippen LogP contribution in [0.3, 0.4) is 0 Å². The standard InChI is InChI=1S/C14H24N4O2S/c1-2-3-9(6-7-19)8-16-13(20)11-12(15)18-14(21-11)17-10-4-5-10/h9-10,19H,2-8,15H2,1H3,(H,16,20)(H,17,18). The number of aliphatic hydroxyl groups excluding tert-OH is 1. The molecular weight excluding hydrogens is 288 g/mol. The third-order valence-electron chi connectivity index (χ3n) is 3.55. The van der Waals surface area contributed by atoms with E-state index in [4.69, 9.17) is 10.8 Å². The minimum atomic E-state index is -0.173. The van der Waals surface area contributed by atoms with Crippen LogP contribution < -0.4 is 16.4 Å². The van der Waals surface area contributed by atoms with Crippen LogP contribution in [0, 0.1) is 5.92 Å². The van der Waals surface area contributed by atoms with E-state index < -0.39 is 0 Å². The lowest BCUT2D eigenvalue weighted by atomic mass is 10.0. The Morgan fingerprint density at radius 1 is 1.52 bits per heavy atom. The Balaban J connectivity index is 1.88. The summed E-state index contributed by atoms with van der Waals surface area (Å²) >= 11 is 1.31. The molecule has 1 unspecified atom stereocenters. The Bertz CT molecular complexity index is 468. The van der Waals surface area contributed by atoms with Gasteiger partial charge in [-0.3, -0.25) is 4.79 Å².